The van der Waals surface area contributed by atoms with Gasteiger partial charge < -0.3 is 14.4 Å². The Bertz CT molecular complexity index is 576. The number of carbonyl (C=O) groups excluding carboxylic acids is 1. The van der Waals surface area contributed by atoms with Crippen molar-refractivity contribution < 1.29 is 4.79 Å². The smallest absolute Gasteiger partial charge is 0.225 e. The lowest BCUT2D eigenvalue weighted by atomic mass is 9.91. The van der Waals surface area contributed by atoms with Crippen LogP contribution in [-0.2, 0) is 11.8 Å². The summed E-state index contributed by atoms with van der Waals surface area (Å²) in [6.07, 6.45) is 13.7. The molecule has 0 atom stereocenters. The van der Waals surface area contributed by atoms with Crippen LogP contribution in [0.3, 0.4) is 0 Å². The quantitative estimate of drug-likeness (QED) is 0.847. The molecule has 0 radical (unpaired) electrons. The van der Waals surface area contributed by atoms with E-state index < -0.39 is 0 Å². The van der Waals surface area contributed by atoms with E-state index in [1.807, 2.05) is 12.4 Å². The van der Waals surface area contributed by atoms with Crippen LogP contribution in [0.1, 0.15) is 63.1 Å². The molecule has 1 aliphatic carbocycles. The van der Waals surface area contributed by atoms with E-state index in [0.29, 0.717) is 11.8 Å². The summed E-state index contributed by atoms with van der Waals surface area (Å²) in [4.78, 5) is 22.2. The maximum Gasteiger partial charge on any atom is 0.225 e. The summed E-state index contributed by atoms with van der Waals surface area (Å²) < 4.78 is 2.13. The summed E-state index contributed by atoms with van der Waals surface area (Å²) in [5.74, 6) is 2.37. The average molecular weight is 345 g/mol. The van der Waals surface area contributed by atoms with Gasteiger partial charge in [0.2, 0.25) is 5.91 Å². The zero-order valence-corrected chi connectivity index (χ0v) is 15.6. The van der Waals surface area contributed by atoms with Crippen molar-refractivity contribution in [1.82, 2.24) is 19.4 Å². The van der Waals surface area contributed by atoms with Gasteiger partial charge in [0.25, 0.3) is 0 Å². The summed E-state index contributed by atoms with van der Waals surface area (Å²) in [7, 11) is 2.07. The van der Waals surface area contributed by atoms with Crippen molar-refractivity contribution >= 4 is 5.91 Å². The Morgan fingerprint density at radius 3 is 2.28 bits per heavy atom. The molecule has 0 unspecified atom stereocenters. The minimum atomic E-state index is 0.266. The number of carbonyl (C=O) groups is 1. The van der Waals surface area contributed by atoms with Crippen molar-refractivity contribution in [3.05, 3.63) is 18.2 Å². The minimum absolute atomic E-state index is 0.266. The normalized spacial score (nSPS) is 24.9. The van der Waals surface area contributed by atoms with Crippen molar-refractivity contribution in [2.24, 2.45) is 13.0 Å². The number of rotatable bonds is 3. The van der Waals surface area contributed by atoms with Crippen molar-refractivity contribution in [1.29, 1.82) is 0 Å². The van der Waals surface area contributed by atoms with Crippen LogP contribution in [0.2, 0.25) is 0 Å². The summed E-state index contributed by atoms with van der Waals surface area (Å²) in [6.45, 7) is 4.06. The number of imidazole rings is 1. The van der Waals surface area contributed by atoms with Gasteiger partial charge in [-0.1, -0.05) is 12.8 Å². The molecule has 2 saturated heterocycles. The fourth-order valence-electron chi connectivity index (χ4n) is 5.17. The fraction of sp³-hybridized carbons (Fsp3) is 0.800. The van der Waals surface area contributed by atoms with Gasteiger partial charge >= 0.3 is 0 Å². The maximum atomic E-state index is 12.9. The summed E-state index contributed by atoms with van der Waals surface area (Å²) in [5, 5.41) is 0. The SMILES string of the molecule is Cn1ccnc1C1CCN(C(=O)C2CCN(C3CCCC3)CC2)CC1. The summed E-state index contributed by atoms with van der Waals surface area (Å²) >= 11 is 0. The van der Waals surface area contributed by atoms with Crippen molar-refractivity contribution in [3.8, 4) is 0 Å². The standard InChI is InChI=1S/C20H32N4O/c1-22-15-10-21-19(22)16-6-13-24(14-7-16)20(25)17-8-11-23(12-9-17)18-4-2-3-5-18/h10,15-18H,2-9,11-14H2,1H3. The number of likely N-dealkylation sites (tertiary alicyclic amines) is 2. The Balaban J connectivity index is 1.26. The van der Waals surface area contributed by atoms with Crippen LogP contribution in [-0.4, -0.2) is 57.5 Å². The molecule has 1 aromatic rings. The Hall–Kier alpha value is -1.36. The molecule has 0 bridgehead atoms. The Morgan fingerprint density at radius 1 is 1.00 bits per heavy atom. The number of aromatic nitrogens is 2. The average Bonchev–Trinajstić information content (AvgIpc) is 3.33. The highest BCUT2D eigenvalue weighted by atomic mass is 16.2. The minimum Gasteiger partial charge on any atom is -0.342 e. The molecule has 1 saturated carbocycles. The zero-order chi connectivity index (χ0) is 17.2. The number of hydrogen-bond acceptors (Lipinski definition) is 3. The van der Waals surface area contributed by atoms with Crippen LogP contribution < -0.4 is 0 Å². The zero-order valence-electron chi connectivity index (χ0n) is 15.6. The highest BCUT2D eigenvalue weighted by molar-refractivity contribution is 5.79. The highest BCUT2D eigenvalue weighted by Gasteiger charge is 2.33. The Labute approximate surface area is 151 Å². The number of piperidine rings is 2. The number of aryl methyl sites for hydroxylation is 1. The molecule has 3 fully saturated rings. The summed E-state index contributed by atoms with van der Waals surface area (Å²) in [6, 6.07) is 0.810. The highest BCUT2D eigenvalue weighted by Crippen LogP contribution is 2.31. The van der Waals surface area contributed by atoms with Crippen LogP contribution in [0.4, 0.5) is 0 Å². The van der Waals surface area contributed by atoms with Gasteiger partial charge in [-0.3, -0.25) is 4.79 Å². The molecule has 0 spiro atoms. The van der Waals surface area contributed by atoms with Crippen LogP contribution in [0.5, 0.6) is 0 Å². The first kappa shape index (κ1) is 17.1. The molecule has 2 aliphatic heterocycles. The second-order valence-electron chi connectivity index (χ2n) is 8.24. The molecular weight excluding hydrogens is 312 g/mol. The predicted molar refractivity (Wildman–Crippen MR) is 98.3 cm³/mol. The van der Waals surface area contributed by atoms with Crippen molar-refractivity contribution in [3.63, 3.8) is 0 Å². The molecule has 5 heteroatoms. The third-order valence-corrected chi connectivity index (χ3v) is 6.75. The molecule has 0 N–H and O–H groups in total. The van der Waals surface area contributed by atoms with Gasteiger partial charge in [0.05, 0.1) is 0 Å². The van der Waals surface area contributed by atoms with Crippen LogP contribution in [0.15, 0.2) is 12.4 Å². The third-order valence-electron chi connectivity index (χ3n) is 6.75. The van der Waals surface area contributed by atoms with Gasteiger partial charge in [-0.05, 0) is 51.6 Å². The van der Waals surface area contributed by atoms with Gasteiger partial charge in [-0.2, -0.15) is 0 Å². The second kappa shape index (κ2) is 7.48. The lowest BCUT2D eigenvalue weighted by molar-refractivity contribution is -0.138. The number of hydrogen-bond donors (Lipinski definition) is 0. The maximum absolute atomic E-state index is 12.9. The van der Waals surface area contributed by atoms with E-state index in [2.05, 4.69) is 26.4 Å². The monoisotopic (exact) mass is 344 g/mol. The lowest BCUT2D eigenvalue weighted by Crippen LogP contribution is -2.47. The van der Waals surface area contributed by atoms with Crippen molar-refractivity contribution in [2.45, 2.75) is 63.3 Å². The lowest BCUT2D eigenvalue weighted by Gasteiger charge is -2.39. The van der Waals surface area contributed by atoms with Crippen molar-refractivity contribution in [2.75, 3.05) is 26.2 Å². The molecule has 3 aliphatic rings. The number of nitrogens with zero attached hydrogens (tertiary/aromatic N) is 4. The molecule has 5 nitrogen and oxygen atoms in total. The largest absolute Gasteiger partial charge is 0.342 e. The van der Waals surface area contributed by atoms with E-state index in [1.165, 1.54) is 31.5 Å². The van der Waals surface area contributed by atoms with E-state index in [1.54, 1.807) is 0 Å². The van der Waals surface area contributed by atoms with Gasteiger partial charge in [0.15, 0.2) is 0 Å². The topological polar surface area (TPSA) is 41.4 Å². The van der Waals surface area contributed by atoms with Gasteiger partial charge in [0, 0.05) is 50.4 Å². The van der Waals surface area contributed by atoms with Gasteiger partial charge in [0.1, 0.15) is 5.82 Å². The molecule has 0 aromatic carbocycles. The predicted octanol–water partition coefficient (Wildman–Crippen LogP) is 2.78. The number of amides is 1. The molecule has 4 rings (SSSR count). The molecule has 25 heavy (non-hydrogen) atoms. The first-order valence-corrected chi connectivity index (χ1v) is 10.2. The van der Waals surface area contributed by atoms with E-state index >= 15 is 0 Å². The molecule has 138 valence electrons. The molecule has 1 aromatic heterocycles. The Kier molecular flexibility index (Phi) is 5.11. The summed E-state index contributed by atoms with van der Waals surface area (Å²) in [5.41, 5.74) is 0. The van der Waals surface area contributed by atoms with Gasteiger partial charge in [-0.25, -0.2) is 4.98 Å². The van der Waals surface area contributed by atoms with Crippen LogP contribution in [0.25, 0.3) is 0 Å². The molecule has 1 amide bonds. The third kappa shape index (κ3) is 3.62. The first-order valence-electron chi connectivity index (χ1n) is 10.2. The Morgan fingerprint density at radius 2 is 1.68 bits per heavy atom. The van der Waals surface area contributed by atoms with Crippen LogP contribution in [0, 0.1) is 5.92 Å². The van der Waals surface area contributed by atoms with E-state index in [0.717, 1.165) is 57.9 Å². The van der Waals surface area contributed by atoms with E-state index in [9.17, 15) is 4.79 Å². The van der Waals surface area contributed by atoms with E-state index in [-0.39, 0.29) is 5.92 Å². The van der Waals surface area contributed by atoms with Gasteiger partial charge in [-0.15, -0.1) is 0 Å². The first-order chi connectivity index (χ1) is 12.2. The molecular formula is C20H32N4O. The second-order valence-corrected chi connectivity index (χ2v) is 8.24. The van der Waals surface area contributed by atoms with Crippen LogP contribution >= 0.6 is 0 Å². The van der Waals surface area contributed by atoms with E-state index in [4.69, 9.17) is 0 Å². The fourth-order valence-corrected chi connectivity index (χ4v) is 5.17. The molecule has 3 heterocycles.